The van der Waals surface area contributed by atoms with E-state index in [0.717, 1.165) is 27.0 Å². The summed E-state index contributed by atoms with van der Waals surface area (Å²) in [7, 11) is 3.20. The summed E-state index contributed by atoms with van der Waals surface area (Å²) in [5.74, 6) is 1.15. The number of aromatic nitrogens is 1. The van der Waals surface area contributed by atoms with Gasteiger partial charge in [0.2, 0.25) is 0 Å². The van der Waals surface area contributed by atoms with Crippen molar-refractivity contribution in [2.45, 2.75) is 6.92 Å². The fourth-order valence-electron chi connectivity index (χ4n) is 3.29. The first-order chi connectivity index (χ1) is 15.1. The molecule has 0 aliphatic heterocycles. The van der Waals surface area contributed by atoms with Crippen molar-refractivity contribution >= 4 is 44.4 Å². The number of rotatable bonds is 6. The molecule has 4 rings (SSSR count). The summed E-state index contributed by atoms with van der Waals surface area (Å²) in [6, 6.07) is 21.1. The topological polar surface area (TPSA) is 51.7 Å². The van der Waals surface area contributed by atoms with E-state index >= 15 is 0 Å². The smallest absolute Gasteiger partial charge is 0.257 e. The van der Waals surface area contributed by atoms with Gasteiger partial charge in [0.25, 0.3) is 5.91 Å². The number of thiazole rings is 1. The Kier molecular flexibility index (Phi) is 6.00. The first kappa shape index (κ1) is 20.6. The second kappa shape index (κ2) is 9.02. The maximum atomic E-state index is 13.4. The Morgan fingerprint density at radius 3 is 2.52 bits per heavy atom. The molecule has 1 aromatic heterocycles. The summed E-state index contributed by atoms with van der Waals surface area (Å²) in [6.45, 7) is 1.98. The van der Waals surface area contributed by atoms with Gasteiger partial charge in [-0.2, -0.15) is 0 Å². The Labute approximate surface area is 185 Å². The van der Waals surface area contributed by atoms with Gasteiger partial charge < -0.3 is 9.47 Å². The molecule has 0 atom stereocenters. The van der Waals surface area contributed by atoms with Crippen LogP contribution in [0.5, 0.6) is 11.5 Å². The van der Waals surface area contributed by atoms with Crippen LogP contribution in [-0.4, -0.2) is 25.1 Å². The van der Waals surface area contributed by atoms with Crippen LogP contribution in [0.25, 0.3) is 16.3 Å². The molecule has 0 bridgehead atoms. The fourth-order valence-corrected chi connectivity index (χ4v) is 4.28. The number of methoxy groups -OCH3 is 2. The van der Waals surface area contributed by atoms with E-state index in [1.54, 1.807) is 25.2 Å². The summed E-state index contributed by atoms with van der Waals surface area (Å²) in [4.78, 5) is 19.8. The third-order valence-corrected chi connectivity index (χ3v) is 5.91. The molecule has 5 nitrogen and oxygen atoms in total. The van der Waals surface area contributed by atoms with Crippen molar-refractivity contribution in [3.05, 3.63) is 83.9 Å². The van der Waals surface area contributed by atoms with Gasteiger partial charge in [-0.3, -0.25) is 9.69 Å². The van der Waals surface area contributed by atoms with E-state index in [1.165, 1.54) is 17.4 Å². The lowest BCUT2D eigenvalue weighted by Gasteiger charge is -2.20. The fraction of sp³-hybridized carbons (Fsp3) is 0.120. The second-order valence-corrected chi connectivity index (χ2v) is 7.87. The van der Waals surface area contributed by atoms with Crippen molar-refractivity contribution in [1.82, 2.24) is 4.98 Å². The number of carbonyl (C=O) groups is 1. The standard InChI is InChI=1S/C25H22N2O3S/c1-17-8-4-6-10-21(17)27(25-26-20-9-5-7-11-23(20)31-25)24(28)15-12-18-16-19(29-2)13-14-22(18)30-3/h4-16H,1-3H3. The van der Waals surface area contributed by atoms with Gasteiger partial charge in [0.05, 0.1) is 30.1 Å². The minimum Gasteiger partial charge on any atom is -0.497 e. The molecule has 0 fully saturated rings. The molecule has 0 N–H and O–H groups in total. The molecule has 0 saturated heterocycles. The number of benzene rings is 3. The third kappa shape index (κ3) is 4.29. The zero-order chi connectivity index (χ0) is 21.8. The number of ether oxygens (including phenoxy) is 2. The van der Waals surface area contributed by atoms with E-state index in [4.69, 9.17) is 14.5 Å². The number of carbonyl (C=O) groups excluding carboxylic acids is 1. The quantitative estimate of drug-likeness (QED) is 0.352. The first-order valence-electron chi connectivity index (χ1n) is 9.76. The Balaban J connectivity index is 1.76. The molecule has 3 aromatic carbocycles. The minimum absolute atomic E-state index is 0.196. The molecule has 1 amide bonds. The van der Waals surface area contributed by atoms with E-state index in [9.17, 15) is 4.79 Å². The summed E-state index contributed by atoms with van der Waals surface area (Å²) in [5.41, 5.74) is 3.41. The SMILES string of the molecule is COc1ccc(OC)c(C=CC(=O)N(c2nc3ccccc3s2)c2ccccc2C)c1. The van der Waals surface area contributed by atoms with Crippen molar-refractivity contribution in [2.24, 2.45) is 0 Å². The number of aryl methyl sites for hydroxylation is 1. The van der Waals surface area contributed by atoms with Crippen molar-refractivity contribution in [2.75, 3.05) is 19.1 Å². The van der Waals surface area contributed by atoms with Gasteiger partial charge in [0.1, 0.15) is 11.5 Å². The van der Waals surface area contributed by atoms with Gasteiger partial charge in [0, 0.05) is 11.6 Å². The number of hydrogen-bond acceptors (Lipinski definition) is 5. The molecule has 6 heteroatoms. The monoisotopic (exact) mass is 430 g/mol. The maximum Gasteiger partial charge on any atom is 0.257 e. The highest BCUT2D eigenvalue weighted by molar-refractivity contribution is 7.22. The number of amides is 1. The van der Waals surface area contributed by atoms with Gasteiger partial charge in [-0.15, -0.1) is 0 Å². The lowest BCUT2D eigenvalue weighted by atomic mass is 10.1. The van der Waals surface area contributed by atoms with Crippen molar-refractivity contribution < 1.29 is 14.3 Å². The average Bonchev–Trinajstić information content (AvgIpc) is 3.22. The van der Waals surface area contributed by atoms with Crippen molar-refractivity contribution in [1.29, 1.82) is 0 Å². The summed E-state index contributed by atoms with van der Waals surface area (Å²) >= 11 is 1.49. The zero-order valence-electron chi connectivity index (χ0n) is 17.5. The highest BCUT2D eigenvalue weighted by Gasteiger charge is 2.21. The Morgan fingerprint density at radius 1 is 1.00 bits per heavy atom. The highest BCUT2D eigenvalue weighted by atomic mass is 32.1. The van der Waals surface area contributed by atoms with Gasteiger partial charge >= 0.3 is 0 Å². The highest BCUT2D eigenvalue weighted by Crippen LogP contribution is 2.35. The Hall–Kier alpha value is -3.64. The van der Waals surface area contributed by atoms with Crippen LogP contribution < -0.4 is 14.4 Å². The van der Waals surface area contributed by atoms with Crippen molar-refractivity contribution in [3.8, 4) is 11.5 Å². The summed E-state index contributed by atoms with van der Waals surface area (Å²) in [6.07, 6.45) is 3.28. The van der Waals surface area contributed by atoms with Crippen LogP contribution in [0.1, 0.15) is 11.1 Å². The van der Waals surface area contributed by atoms with Crippen LogP contribution in [-0.2, 0) is 4.79 Å². The first-order valence-corrected chi connectivity index (χ1v) is 10.6. The largest absolute Gasteiger partial charge is 0.497 e. The lowest BCUT2D eigenvalue weighted by molar-refractivity contribution is -0.113. The van der Waals surface area contributed by atoms with E-state index < -0.39 is 0 Å². The number of para-hydroxylation sites is 2. The van der Waals surface area contributed by atoms with E-state index in [1.807, 2.05) is 73.7 Å². The van der Waals surface area contributed by atoms with Crippen LogP contribution >= 0.6 is 11.3 Å². The molecule has 0 spiro atoms. The summed E-state index contributed by atoms with van der Waals surface area (Å²) < 4.78 is 11.8. The van der Waals surface area contributed by atoms with Crippen LogP contribution in [0.3, 0.4) is 0 Å². The third-order valence-electron chi connectivity index (χ3n) is 4.89. The molecule has 0 unspecified atom stereocenters. The normalized spacial score (nSPS) is 11.1. The van der Waals surface area contributed by atoms with Crippen LogP contribution in [0.2, 0.25) is 0 Å². The van der Waals surface area contributed by atoms with E-state index in [2.05, 4.69) is 0 Å². The second-order valence-electron chi connectivity index (χ2n) is 6.87. The number of fused-ring (bicyclic) bond motifs is 1. The molecular formula is C25H22N2O3S. The van der Waals surface area contributed by atoms with Gasteiger partial charge in [-0.1, -0.05) is 41.7 Å². The van der Waals surface area contributed by atoms with Crippen LogP contribution in [0.15, 0.2) is 72.8 Å². The average molecular weight is 431 g/mol. The number of hydrogen-bond donors (Lipinski definition) is 0. The van der Waals surface area contributed by atoms with Crippen molar-refractivity contribution in [3.63, 3.8) is 0 Å². The Bertz CT molecular complexity index is 1230. The number of anilines is 2. The van der Waals surface area contributed by atoms with Gasteiger partial charge in [-0.05, 0) is 55.0 Å². The van der Waals surface area contributed by atoms with E-state index in [-0.39, 0.29) is 5.91 Å². The molecule has 4 aromatic rings. The minimum atomic E-state index is -0.196. The molecule has 0 saturated carbocycles. The molecule has 0 aliphatic rings. The molecule has 0 aliphatic carbocycles. The van der Waals surface area contributed by atoms with Gasteiger partial charge in [0.15, 0.2) is 5.13 Å². The molecular weight excluding hydrogens is 408 g/mol. The van der Waals surface area contributed by atoms with Crippen LogP contribution in [0, 0.1) is 6.92 Å². The molecule has 31 heavy (non-hydrogen) atoms. The lowest BCUT2D eigenvalue weighted by Crippen LogP contribution is -2.24. The van der Waals surface area contributed by atoms with E-state index in [0.29, 0.717) is 16.6 Å². The molecule has 1 heterocycles. The molecule has 0 radical (unpaired) electrons. The zero-order valence-corrected chi connectivity index (χ0v) is 18.3. The Morgan fingerprint density at radius 2 is 1.77 bits per heavy atom. The number of nitrogens with zero attached hydrogens (tertiary/aromatic N) is 2. The molecule has 156 valence electrons. The predicted molar refractivity (Wildman–Crippen MR) is 127 cm³/mol. The van der Waals surface area contributed by atoms with Crippen LogP contribution in [0.4, 0.5) is 10.8 Å². The summed E-state index contributed by atoms with van der Waals surface area (Å²) in [5, 5.41) is 0.628. The maximum absolute atomic E-state index is 13.4. The van der Waals surface area contributed by atoms with Gasteiger partial charge in [-0.25, -0.2) is 4.98 Å². The predicted octanol–water partition coefficient (Wildman–Crippen LogP) is 6.00.